The van der Waals surface area contributed by atoms with Crippen LogP contribution in [0.4, 0.5) is 0 Å². The van der Waals surface area contributed by atoms with E-state index < -0.39 is 5.09 Å². The molecule has 0 radical (unpaired) electrons. The topological polar surface area (TPSA) is 60.5 Å². The fraction of sp³-hybridized carbons (Fsp3) is 0. The molecule has 0 amide bonds. The standard InChI is InChI=1S/H2NO3.Na.H/c2-1(3)4;;/h(H2,2,3,4);;/q+1;;. The monoisotopic (exact) mass is 88.0 g/mol. The van der Waals surface area contributed by atoms with Gasteiger partial charge >= 0.3 is 34.6 Å². The average molecular weight is 88.0 g/mol. The van der Waals surface area contributed by atoms with Gasteiger partial charge in [0, 0.05) is 0 Å². The van der Waals surface area contributed by atoms with Gasteiger partial charge in [-0.2, -0.15) is 0 Å². The Bertz CT molecular complexity index is 29.9. The van der Waals surface area contributed by atoms with Gasteiger partial charge in [0.1, 0.15) is 4.91 Å². The third-order valence-corrected chi connectivity index (χ3v) is 0. The fourth-order valence-corrected chi connectivity index (χ4v) is 0. The summed E-state index contributed by atoms with van der Waals surface area (Å²) < 4.78 is 0. The molecule has 0 aliphatic carbocycles. The molecular formula is H3NNaO3+. The SMILES string of the molecule is O=[N+](O)O.[NaH]. The van der Waals surface area contributed by atoms with E-state index in [0.717, 1.165) is 0 Å². The summed E-state index contributed by atoms with van der Waals surface area (Å²) in [6.45, 7) is 0. The van der Waals surface area contributed by atoms with Crippen molar-refractivity contribution in [3.63, 3.8) is 0 Å². The second kappa shape index (κ2) is 4.20. The number of hydrogen-bond acceptors (Lipinski definition) is 1. The van der Waals surface area contributed by atoms with E-state index in [-0.39, 0.29) is 29.6 Å². The van der Waals surface area contributed by atoms with Crippen LogP contribution in [0.2, 0.25) is 0 Å². The second-order valence-corrected chi connectivity index (χ2v) is 0.253. The van der Waals surface area contributed by atoms with Crippen molar-refractivity contribution in [2.24, 2.45) is 0 Å². The van der Waals surface area contributed by atoms with E-state index in [0.29, 0.717) is 0 Å². The normalized spacial score (nSPS) is 4.80. The van der Waals surface area contributed by atoms with Gasteiger partial charge in [0.05, 0.1) is 0 Å². The molecule has 0 rings (SSSR count). The van der Waals surface area contributed by atoms with Crippen LogP contribution < -0.4 is 0 Å². The van der Waals surface area contributed by atoms with Crippen molar-refractivity contribution < 1.29 is 15.5 Å². The van der Waals surface area contributed by atoms with Gasteiger partial charge in [-0.25, -0.2) is 10.4 Å². The molecule has 26 valence electrons. The van der Waals surface area contributed by atoms with E-state index in [1.807, 2.05) is 0 Å². The van der Waals surface area contributed by atoms with Gasteiger partial charge in [0.2, 0.25) is 0 Å². The molecule has 5 heteroatoms. The van der Waals surface area contributed by atoms with Crippen LogP contribution in [0.15, 0.2) is 0 Å². The van der Waals surface area contributed by atoms with E-state index in [2.05, 4.69) is 0 Å². The Labute approximate surface area is 50.2 Å². The molecule has 4 nitrogen and oxygen atoms in total. The summed E-state index contributed by atoms with van der Waals surface area (Å²) in [5.74, 6) is 0. The minimum atomic E-state index is -1.25. The summed E-state index contributed by atoms with van der Waals surface area (Å²) in [7, 11) is 0. The molecule has 0 saturated heterocycles. The summed E-state index contributed by atoms with van der Waals surface area (Å²) >= 11 is 0. The van der Waals surface area contributed by atoms with Crippen molar-refractivity contribution in [1.82, 2.24) is 0 Å². The Balaban J connectivity index is 0. The maximum absolute atomic E-state index is 8.47. The van der Waals surface area contributed by atoms with Gasteiger partial charge in [0.15, 0.2) is 0 Å². The van der Waals surface area contributed by atoms with Gasteiger partial charge < -0.3 is 0 Å². The first-order chi connectivity index (χ1) is 1.73. The predicted octanol–water partition coefficient (Wildman–Crippen LogP) is -1.10. The Morgan fingerprint density at radius 3 is 1.40 bits per heavy atom. The summed E-state index contributed by atoms with van der Waals surface area (Å²) in [6.07, 6.45) is 0. The van der Waals surface area contributed by atoms with Crippen LogP contribution in [-0.4, -0.2) is 45.1 Å². The molecule has 0 spiro atoms. The molecule has 0 heterocycles. The van der Waals surface area contributed by atoms with E-state index in [9.17, 15) is 0 Å². The van der Waals surface area contributed by atoms with Crippen molar-refractivity contribution in [2.45, 2.75) is 0 Å². The van der Waals surface area contributed by atoms with Gasteiger partial charge in [0.25, 0.3) is 0 Å². The maximum atomic E-state index is 8.47. The Kier molecular flexibility index (Phi) is 7.52. The first-order valence-corrected chi connectivity index (χ1v) is 0.583. The molecule has 0 bridgehead atoms. The summed E-state index contributed by atoms with van der Waals surface area (Å²) in [5.41, 5.74) is 0. The summed E-state index contributed by atoms with van der Waals surface area (Å²) in [6, 6.07) is 0. The van der Waals surface area contributed by atoms with Crippen LogP contribution in [0, 0.1) is 4.91 Å². The third kappa shape index (κ3) is 508. The number of nitrogens with zero attached hydrogens (tertiary/aromatic N) is 1. The van der Waals surface area contributed by atoms with Crippen molar-refractivity contribution in [1.29, 1.82) is 0 Å². The molecule has 2 N–H and O–H groups in total. The molecule has 0 aromatic heterocycles. The van der Waals surface area contributed by atoms with Gasteiger partial charge in [-0.15, -0.1) is 0 Å². The van der Waals surface area contributed by atoms with Gasteiger partial charge in [-0.05, 0) is 0 Å². The van der Waals surface area contributed by atoms with E-state index in [4.69, 9.17) is 15.3 Å². The zero-order valence-electron chi connectivity index (χ0n) is 1.75. The van der Waals surface area contributed by atoms with Crippen LogP contribution in [-0.2, 0) is 0 Å². The van der Waals surface area contributed by atoms with Crippen LogP contribution in [0.25, 0.3) is 0 Å². The number of rotatable bonds is 0. The predicted molar refractivity (Wildman–Crippen MR) is 14.3 cm³/mol. The summed E-state index contributed by atoms with van der Waals surface area (Å²) in [4.78, 5) is 8.47. The second-order valence-electron chi connectivity index (χ2n) is 0.253. The molecule has 5 heavy (non-hydrogen) atoms. The quantitative estimate of drug-likeness (QED) is 0.291. The van der Waals surface area contributed by atoms with Gasteiger partial charge in [-0.3, -0.25) is 0 Å². The first-order valence-electron chi connectivity index (χ1n) is 0.583. The average Bonchev–Trinajstić information content (AvgIpc) is 0.811. The molecule has 0 aromatic rings. The summed E-state index contributed by atoms with van der Waals surface area (Å²) in [5, 5.41) is 12.5. The molecular weight excluding hydrogens is 85.0 g/mol. The number of hydrogen-bond donors (Lipinski definition) is 2. The fourth-order valence-electron chi connectivity index (χ4n) is 0. The zero-order chi connectivity index (χ0) is 3.58. The van der Waals surface area contributed by atoms with Crippen LogP contribution >= 0.6 is 0 Å². The molecule has 0 aliphatic rings. The third-order valence-electron chi connectivity index (χ3n) is 0. The molecule has 0 atom stereocenters. The molecule has 0 saturated carbocycles. The van der Waals surface area contributed by atoms with E-state index >= 15 is 0 Å². The van der Waals surface area contributed by atoms with Crippen molar-refractivity contribution in [2.75, 3.05) is 0 Å². The minimum absolute atomic E-state index is 0. The van der Waals surface area contributed by atoms with Crippen molar-refractivity contribution in [3.05, 3.63) is 4.91 Å². The van der Waals surface area contributed by atoms with E-state index in [1.54, 1.807) is 0 Å². The van der Waals surface area contributed by atoms with Crippen LogP contribution in [0.5, 0.6) is 0 Å². The first kappa shape index (κ1) is 8.96. The van der Waals surface area contributed by atoms with Gasteiger partial charge in [-0.1, -0.05) is 0 Å². The molecule has 0 aliphatic heterocycles. The Morgan fingerprint density at radius 2 is 1.40 bits per heavy atom. The van der Waals surface area contributed by atoms with Crippen molar-refractivity contribution >= 4 is 29.6 Å². The zero-order valence-corrected chi connectivity index (χ0v) is 1.75. The van der Waals surface area contributed by atoms with Crippen LogP contribution in [0.1, 0.15) is 0 Å². The molecule has 0 aromatic carbocycles. The molecule has 0 fully saturated rings. The Morgan fingerprint density at radius 1 is 1.40 bits per heavy atom. The van der Waals surface area contributed by atoms with Crippen molar-refractivity contribution in [3.8, 4) is 0 Å². The Hall–Kier alpha value is 0.200. The van der Waals surface area contributed by atoms with E-state index in [1.165, 1.54) is 0 Å². The molecule has 0 unspecified atom stereocenters. The van der Waals surface area contributed by atoms with Crippen LogP contribution in [0.3, 0.4) is 0 Å².